The molecular formula is C4H8O5. The molecule has 0 saturated carbocycles. The third-order valence-electron chi connectivity index (χ3n) is 0.628. The molecular weight excluding hydrogens is 128 g/mol. The number of aldehydes is 1. The second kappa shape index (κ2) is 4.39. The summed E-state index contributed by atoms with van der Waals surface area (Å²) in [6.45, 7) is -2.56. The van der Waals surface area contributed by atoms with Gasteiger partial charge < -0.3 is 24.9 Å². The number of hydrogen-bond donors (Lipinski definition) is 3. The molecule has 0 spiro atoms. The van der Waals surface area contributed by atoms with Gasteiger partial charge in [0.05, 0.1) is 6.61 Å². The smallest absolute Gasteiger partial charge is 0.267 e. The van der Waals surface area contributed by atoms with Gasteiger partial charge in [-0.1, -0.05) is 0 Å². The molecule has 54 valence electrons. The first-order chi connectivity index (χ1) is 4.20. The van der Waals surface area contributed by atoms with E-state index in [0.29, 0.717) is 0 Å². The van der Waals surface area contributed by atoms with Crippen LogP contribution in [-0.2, 0) is 9.53 Å². The summed E-state index contributed by atoms with van der Waals surface area (Å²) >= 11 is 0. The number of aliphatic hydroxyl groups excluding tert-OH is 2. The third-order valence-corrected chi connectivity index (χ3v) is 0.628. The molecule has 0 heterocycles. The molecule has 0 radical (unpaired) electrons. The molecule has 0 rings (SSSR count). The maximum atomic E-state index is 9.76. The largest absolute Gasteiger partial charge is 0.393 e. The number of ether oxygens (including phenoxy) is 1. The molecule has 5 heteroatoms. The van der Waals surface area contributed by atoms with E-state index in [-0.39, 0.29) is 6.29 Å². The van der Waals surface area contributed by atoms with Gasteiger partial charge in [0.2, 0.25) is 0 Å². The molecule has 0 aliphatic heterocycles. The van der Waals surface area contributed by atoms with Crippen LogP contribution in [0.5, 0.6) is 0 Å². The maximum Gasteiger partial charge on any atom is 0.267 e. The van der Waals surface area contributed by atoms with Gasteiger partial charge in [-0.2, -0.15) is 0 Å². The molecule has 5 nitrogen and oxygen atoms in total. The molecule has 0 aromatic carbocycles. The Balaban J connectivity index is 3.42. The Bertz CT molecular complexity index is 81.0. The van der Waals surface area contributed by atoms with E-state index in [1.54, 1.807) is 0 Å². The summed E-state index contributed by atoms with van der Waals surface area (Å²) in [7, 11) is 0. The molecule has 0 saturated heterocycles. The molecule has 0 fully saturated rings. The van der Waals surface area contributed by atoms with E-state index in [1.807, 2.05) is 0 Å². The molecule has 1 unspecified atom stereocenters. The van der Waals surface area contributed by atoms with E-state index in [9.17, 15) is 4.79 Å². The lowest BCUT2D eigenvalue weighted by molar-refractivity contribution is -0.253. The first-order valence-corrected chi connectivity index (χ1v) is 2.28. The number of rotatable bonds is 4. The van der Waals surface area contributed by atoms with E-state index in [4.69, 9.17) is 15.3 Å². The minimum absolute atomic E-state index is 0.277. The molecule has 9 heavy (non-hydrogen) atoms. The second-order valence-corrected chi connectivity index (χ2v) is 1.32. The van der Waals surface area contributed by atoms with Crippen molar-refractivity contribution in [2.75, 3.05) is 6.61 Å². The van der Waals surface area contributed by atoms with Crippen LogP contribution in [0.25, 0.3) is 0 Å². The second-order valence-electron chi connectivity index (χ2n) is 1.32. The van der Waals surface area contributed by atoms with Crippen molar-refractivity contribution in [1.29, 1.82) is 0 Å². The fraction of sp³-hybridized carbons (Fsp3) is 0.750. The van der Waals surface area contributed by atoms with E-state index >= 15 is 0 Å². The first kappa shape index (κ1) is 8.51. The van der Waals surface area contributed by atoms with Crippen molar-refractivity contribution >= 4 is 6.29 Å². The van der Waals surface area contributed by atoms with Gasteiger partial charge >= 0.3 is 0 Å². The minimum atomic E-state index is -2.01. The summed E-state index contributed by atoms with van der Waals surface area (Å²) in [5, 5.41) is 24.3. The van der Waals surface area contributed by atoms with Crippen LogP contribution in [0.15, 0.2) is 0 Å². The van der Waals surface area contributed by atoms with Gasteiger partial charge in [0.1, 0.15) is 6.10 Å². The van der Waals surface area contributed by atoms with Crippen molar-refractivity contribution in [2.24, 2.45) is 0 Å². The number of hydrogen-bond acceptors (Lipinski definition) is 5. The van der Waals surface area contributed by atoms with Crippen LogP contribution >= 0.6 is 0 Å². The lowest BCUT2D eigenvalue weighted by atomic mass is 10.4. The fourth-order valence-corrected chi connectivity index (χ4v) is 0.274. The Labute approximate surface area is 51.5 Å². The zero-order valence-corrected chi connectivity index (χ0v) is 4.60. The summed E-state index contributed by atoms with van der Waals surface area (Å²) in [5.41, 5.74) is 0. The average Bonchev–Trinajstić information content (AvgIpc) is 1.82. The van der Waals surface area contributed by atoms with Crippen LogP contribution in [0.4, 0.5) is 0 Å². The highest BCUT2D eigenvalue weighted by molar-refractivity contribution is 5.55. The Kier molecular flexibility index (Phi) is 4.16. The predicted octanol–water partition coefficient (Wildman–Crippen LogP) is -2.17. The Hall–Kier alpha value is -0.490. The summed E-state index contributed by atoms with van der Waals surface area (Å²) in [4.78, 5) is 9.76. The third kappa shape index (κ3) is 4.04. The predicted molar refractivity (Wildman–Crippen MR) is 26.2 cm³/mol. The Morgan fingerprint density at radius 2 is 2.11 bits per heavy atom. The zero-order chi connectivity index (χ0) is 7.28. The van der Waals surface area contributed by atoms with Crippen LogP contribution in [0.3, 0.4) is 0 Å². The van der Waals surface area contributed by atoms with Crippen molar-refractivity contribution in [2.45, 2.75) is 12.6 Å². The SMILES string of the molecule is O=CC(CO)OC(O)O. The monoisotopic (exact) mass is 136 g/mol. The van der Waals surface area contributed by atoms with Crippen molar-refractivity contribution in [1.82, 2.24) is 0 Å². The number of carbonyl (C=O) groups is 1. The summed E-state index contributed by atoms with van der Waals surface area (Å²) in [6.07, 6.45) is -0.871. The van der Waals surface area contributed by atoms with Gasteiger partial charge in [0.15, 0.2) is 6.29 Å². The van der Waals surface area contributed by atoms with Gasteiger partial charge in [-0.3, -0.25) is 0 Å². The Morgan fingerprint density at radius 3 is 2.22 bits per heavy atom. The van der Waals surface area contributed by atoms with Gasteiger partial charge in [0.25, 0.3) is 6.48 Å². The molecule has 0 amide bonds. The number of carbonyl (C=O) groups excluding carboxylic acids is 1. The van der Waals surface area contributed by atoms with Crippen LogP contribution in [0.1, 0.15) is 0 Å². The van der Waals surface area contributed by atoms with Crippen molar-refractivity contribution < 1.29 is 24.9 Å². The van der Waals surface area contributed by atoms with Gasteiger partial charge in [0, 0.05) is 0 Å². The van der Waals surface area contributed by atoms with Crippen LogP contribution in [0, 0.1) is 0 Å². The molecule has 1 atom stereocenters. The topological polar surface area (TPSA) is 87.0 Å². The fourth-order valence-electron chi connectivity index (χ4n) is 0.274. The van der Waals surface area contributed by atoms with Crippen LogP contribution < -0.4 is 0 Å². The highest BCUT2D eigenvalue weighted by Gasteiger charge is 2.08. The molecule has 0 bridgehead atoms. The molecule has 0 aromatic rings. The first-order valence-electron chi connectivity index (χ1n) is 2.28. The van der Waals surface area contributed by atoms with Crippen LogP contribution in [-0.4, -0.2) is 40.8 Å². The molecule has 3 N–H and O–H groups in total. The van der Waals surface area contributed by atoms with E-state index < -0.39 is 19.2 Å². The molecule has 0 aliphatic rings. The normalized spacial score (nSPS) is 13.8. The van der Waals surface area contributed by atoms with Crippen molar-refractivity contribution in [3.63, 3.8) is 0 Å². The minimum Gasteiger partial charge on any atom is -0.393 e. The van der Waals surface area contributed by atoms with Crippen molar-refractivity contribution in [3.05, 3.63) is 0 Å². The van der Waals surface area contributed by atoms with E-state index in [1.165, 1.54) is 0 Å². The maximum absolute atomic E-state index is 9.76. The lowest BCUT2D eigenvalue weighted by Crippen LogP contribution is -2.25. The molecule has 0 aliphatic carbocycles. The van der Waals surface area contributed by atoms with Gasteiger partial charge in [-0.05, 0) is 0 Å². The van der Waals surface area contributed by atoms with Gasteiger partial charge in [-0.25, -0.2) is 0 Å². The highest BCUT2D eigenvalue weighted by Crippen LogP contribution is 1.88. The molecule has 0 aromatic heterocycles. The van der Waals surface area contributed by atoms with Gasteiger partial charge in [-0.15, -0.1) is 0 Å². The summed E-state index contributed by atoms with van der Waals surface area (Å²) < 4.78 is 4.04. The van der Waals surface area contributed by atoms with E-state index in [0.717, 1.165) is 0 Å². The standard InChI is InChI=1S/C4H8O5/c5-1-3(2-6)9-4(7)8/h1,3-4,6-8H,2H2. The van der Waals surface area contributed by atoms with Crippen molar-refractivity contribution in [3.8, 4) is 0 Å². The zero-order valence-electron chi connectivity index (χ0n) is 4.60. The summed E-state index contributed by atoms with van der Waals surface area (Å²) in [5.74, 6) is 0. The number of aliphatic hydroxyl groups is 3. The summed E-state index contributed by atoms with van der Waals surface area (Å²) in [6, 6.07) is 0. The van der Waals surface area contributed by atoms with Crippen LogP contribution in [0.2, 0.25) is 0 Å². The average molecular weight is 136 g/mol. The quantitative estimate of drug-likeness (QED) is 0.302. The highest BCUT2D eigenvalue weighted by atomic mass is 16.7. The van der Waals surface area contributed by atoms with E-state index in [2.05, 4.69) is 4.74 Å². The lowest BCUT2D eigenvalue weighted by Gasteiger charge is -2.08. The Morgan fingerprint density at radius 1 is 1.56 bits per heavy atom.